The van der Waals surface area contributed by atoms with Crippen LogP contribution in [0.5, 0.6) is 0 Å². The van der Waals surface area contributed by atoms with E-state index in [2.05, 4.69) is 22.1 Å². The van der Waals surface area contributed by atoms with E-state index in [1.165, 1.54) is 0 Å². The van der Waals surface area contributed by atoms with E-state index >= 15 is 0 Å². The summed E-state index contributed by atoms with van der Waals surface area (Å²) in [5.74, 6) is 0.917. The van der Waals surface area contributed by atoms with Gasteiger partial charge in [0.25, 0.3) is 0 Å². The van der Waals surface area contributed by atoms with Crippen LogP contribution in [0.15, 0.2) is 18.2 Å². The molecule has 0 aliphatic carbocycles. The zero-order chi connectivity index (χ0) is 13.7. The van der Waals surface area contributed by atoms with Crippen LogP contribution in [-0.2, 0) is 11.3 Å². The molecule has 1 aliphatic rings. The van der Waals surface area contributed by atoms with Crippen molar-refractivity contribution in [1.29, 1.82) is 0 Å². The fourth-order valence-electron chi connectivity index (χ4n) is 2.45. The van der Waals surface area contributed by atoms with Crippen LogP contribution < -0.4 is 5.32 Å². The third-order valence-electron chi connectivity index (χ3n) is 3.16. The van der Waals surface area contributed by atoms with Gasteiger partial charge in [0, 0.05) is 26.2 Å². The Bertz CT molecular complexity index is 400. The number of aliphatic hydroxyl groups excluding tert-OH is 1. The second-order valence-corrected chi connectivity index (χ2v) is 4.99. The van der Waals surface area contributed by atoms with Gasteiger partial charge >= 0.3 is 0 Å². The van der Waals surface area contributed by atoms with Crippen LogP contribution in [0.25, 0.3) is 0 Å². The van der Waals surface area contributed by atoms with Crippen molar-refractivity contribution in [3.63, 3.8) is 0 Å². The van der Waals surface area contributed by atoms with E-state index in [1.54, 1.807) is 0 Å². The van der Waals surface area contributed by atoms with Crippen molar-refractivity contribution in [2.24, 2.45) is 0 Å². The van der Waals surface area contributed by atoms with Crippen molar-refractivity contribution < 1.29 is 9.84 Å². The zero-order valence-electron chi connectivity index (χ0n) is 11.7. The lowest BCUT2D eigenvalue weighted by molar-refractivity contribution is -0.0974. The second-order valence-electron chi connectivity index (χ2n) is 4.99. The van der Waals surface area contributed by atoms with Gasteiger partial charge in [0.15, 0.2) is 0 Å². The van der Waals surface area contributed by atoms with Crippen molar-refractivity contribution in [3.8, 4) is 0 Å². The quantitative estimate of drug-likeness (QED) is 0.835. The number of nitrogens with zero attached hydrogens (tertiary/aromatic N) is 2. The Labute approximate surface area is 114 Å². The second kappa shape index (κ2) is 6.84. The molecule has 2 unspecified atom stereocenters. The fraction of sp³-hybridized carbons (Fsp3) is 0.643. The molecule has 1 saturated heterocycles. The Balaban J connectivity index is 1.97. The monoisotopic (exact) mass is 265 g/mol. The molecular formula is C14H23N3O2. The topological polar surface area (TPSA) is 57.6 Å². The first kappa shape index (κ1) is 14.2. The van der Waals surface area contributed by atoms with E-state index in [4.69, 9.17) is 4.74 Å². The number of ether oxygens (including phenoxy) is 1. The molecule has 0 amide bonds. The Kier molecular flexibility index (Phi) is 5.13. The SMILES string of the molecule is CCNc1cccc(CN2CC(C)OC(CO)C2)n1. The molecule has 2 atom stereocenters. The summed E-state index contributed by atoms with van der Waals surface area (Å²) in [6, 6.07) is 6.04. The lowest BCUT2D eigenvalue weighted by Gasteiger charge is -2.35. The summed E-state index contributed by atoms with van der Waals surface area (Å²) in [4.78, 5) is 6.86. The van der Waals surface area contributed by atoms with Crippen LogP contribution in [0.1, 0.15) is 19.5 Å². The molecule has 2 N–H and O–H groups in total. The van der Waals surface area contributed by atoms with Gasteiger partial charge in [-0.25, -0.2) is 4.98 Å². The molecule has 0 bridgehead atoms. The summed E-state index contributed by atoms with van der Waals surface area (Å²) in [6.45, 7) is 7.48. The van der Waals surface area contributed by atoms with Gasteiger partial charge in [-0.2, -0.15) is 0 Å². The van der Waals surface area contributed by atoms with Crippen molar-refractivity contribution >= 4 is 5.82 Å². The lowest BCUT2D eigenvalue weighted by Crippen LogP contribution is -2.47. The number of aliphatic hydroxyl groups is 1. The predicted octanol–water partition coefficient (Wildman–Crippen LogP) is 1.09. The molecule has 0 spiro atoms. The molecule has 1 fully saturated rings. The Hall–Kier alpha value is -1.17. The molecule has 1 aliphatic heterocycles. The van der Waals surface area contributed by atoms with Gasteiger partial charge in [0.2, 0.25) is 0 Å². The highest BCUT2D eigenvalue weighted by atomic mass is 16.5. The summed E-state index contributed by atoms with van der Waals surface area (Å²) < 4.78 is 5.64. The highest BCUT2D eigenvalue weighted by Gasteiger charge is 2.24. The smallest absolute Gasteiger partial charge is 0.126 e. The summed E-state index contributed by atoms with van der Waals surface area (Å²) in [5, 5.41) is 12.4. The molecule has 2 heterocycles. The third-order valence-corrected chi connectivity index (χ3v) is 3.16. The van der Waals surface area contributed by atoms with Gasteiger partial charge in [-0.05, 0) is 26.0 Å². The Morgan fingerprint density at radius 2 is 2.32 bits per heavy atom. The average Bonchev–Trinajstić information content (AvgIpc) is 2.39. The molecular weight excluding hydrogens is 242 g/mol. The minimum Gasteiger partial charge on any atom is -0.394 e. The Morgan fingerprint density at radius 3 is 3.05 bits per heavy atom. The molecule has 5 heteroatoms. The lowest BCUT2D eigenvalue weighted by atomic mass is 10.2. The van der Waals surface area contributed by atoms with Crippen LogP contribution in [-0.4, -0.2) is 53.4 Å². The van der Waals surface area contributed by atoms with E-state index in [9.17, 15) is 5.11 Å². The zero-order valence-corrected chi connectivity index (χ0v) is 11.7. The maximum absolute atomic E-state index is 9.23. The first-order chi connectivity index (χ1) is 9.21. The number of anilines is 1. The van der Waals surface area contributed by atoms with Gasteiger partial charge in [0.1, 0.15) is 5.82 Å². The van der Waals surface area contributed by atoms with Crippen LogP contribution in [0.3, 0.4) is 0 Å². The maximum atomic E-state index is 9.23. The fourth-order valence-corrected chi connectivity index (χ4v) is 2.45. The summed E-state index contributed by atoms with van der Waals surface area (Å²) in [6.07, 6.45) is 0.0727. The molecule has 0 saturated carbocycles. The molecule has 5 nitrogen and oxygen atoms in total. The van der Waals surface area contributed by atoms with E-state index in [0.717, 1.165) is 37.7 Å². The van der Waals surface area contributed by atoms with Crippen LogP contribution in [0.4, 0.5) is 5.82 Å². The summed E-state index contributed by atoms with van der Waals surface area (Å²) in [7, 11) is 0. The standard InChI is InChI=1S/C14H23N3O2/c1-3-15-14-6-4-5-12(16-14)8-17-7-11(2)19-13(9-17)10-18/h4-6,11,13,18H,3,7-10H2,1-2H3,(H,15,16). The molecule has 0 aromatic carbocycles. The molecule has 0 radical (unpaired) electrons. The van der Waals surface area contributed by atoms with Crippen LogP contribution in [0, 0.1) is 0 Å². The van der Waals surface area contributed by atoms with Crippen LogP contribution in [0.2, 0.25) is 0 Å². The van der Waals surface area contributed by atoms with E-state index in [-0.39, 0.29) is 18.8 Å². The molecule has 106 valence electrons. The number of morpholine rings is 1. The van der Waals surface area contributed by atoms with Gasteiger partial charge in [-0.3, -0.25) is 4.90 Å². The Morgan fingerprint density at radius 1 is 1.47 bits per heavy atom. The third kappa shape index (κ3) is 4.16. The van der Waals surface area contributed by atoms with Crippen molar-refractivity contribution in [2.45, 2.75) is 32.6 Å². The molecule has 1 aromatic heterocycles. The summed E-state index contributed by atoms with van der Waals surface area (Å²) in [5.41, 5.74) is 1.05. The minimum absolute atomic E-state index is 0.0751. The highest BCUT2D eigenvalue weighted by Crippen LogP contribution is 2.14. The van der Waals surface area contributed by atoms with E-state index < -0.39 is 0 Å². The van der Waals surface area contributed by atoms with Crippen molar-refractivity contribution in [1.82, 2.24) is 9.88 Å². The molecule has 2 rings (SSSR count). The molecule has 19 heavy (non-hydrogen) atoms. The normalized spacial score (nSPS) is 24.4. The predicted molar refractivity (Wildman–Crippen MR) is 75.1 cm³/mol. The van der Waals surface area contributed by atoms with Crippen molar-refractivity contribution in [2.75, 3.05) is 31.6 Å². The minimum atomic E-state index is -0.0827. The van der Waals surface area contributed by atoms with E-state index in [0.29, 0.717) is 0 Å². The number of hydrogen-bond acceptors (Lipinski definition) is 5. The number of nitrogens with one attached hydrogen (secondary N) is 1. The number of pyridine rings is 1. The average molecular weight is 265 g/mol. The number of rotatable bonds is 5. The first-order valence-corrected chi connectivity index (χ1v) is 6.89. The summed E-state index contributed by atoms with van der Waals surface area (Å²) >= 11 is 0. The number of hydrogen-bond donors (Lipinski definition) is 2. The van der Waals surface area contributed by atoms with Gasteiger partial charge in [0.05, 0.1) is 24.5 Å². The van der Waals surface area contributed by atoms with Crippen LogP contribution >= 0.6 is 0 Å². The van der Waals surface area contributed by atoms with E-state index in [1.807, 2.05) is 25.1 Å². The number of aromatic nitrogens is 1. The first-order valence-electron chi connectivity index (χ1n) is 6.89. The van der Waals surface area contributed by atoms with Gasteiger partial charge in [-0.1, -0.05) is 6.07 Å². The van der Waals surface area contributed by atoms with Crippen molar-refractivity contribution in [3.05, 3.63) is 23.9 Å². The highest BCUT2D eigenvalue weighted by molar-refractivity contribution is 5.34. The van der Waals surface area contributed by atoms with Gasteiger partial charge < -0.3 is 15.2 Å². The maximum Gasteiger partial charge on any atom is 0.126 e. The largest absolute Gasteiger partial charge is 0.394 e. The molecule has 1 aromatic rings. The van der Waals surface area contributed by atoms with Gasteiger partial charge in [-0.15, -0.1) is 0 Å².